The Morgan fingerprint density at radius 3 is 2.58 bits per heavy atom. The fourth-order valence-electron chi connectivity index (χ4n) is 1.47. The highest BCUT2D eigenvalue weighted by Crippen LogP contribution is 2.26. The van der Waals surface area contributed by atoms with Gasteiger partial charge in [0, 0.05) is 4.70 Å². The number of carbonyl (C=O) groups is 1. The molecule has 0 aliphatic rings. The Hall–Kier alpha value is -1.88. The van der Waals surface area contributed by atoms with Gasteiger partial charge in [-0.25, -0.2) is 4.79 Å². The Kier molecular flexibility index (Phi) is 3.57. The van der Waals surface area contributed by atoms with Gasteiger partial charge in [-0.2, -0.15) is 0 Å². The molecule has 0 atom stereocenters. The summed E-state index contributed by atoms with van der Waals surface area (Å²) in [5.41, 5.74) is -0.576. The van der Waals surface area contributed by atoms with E-state index < -0.39 is 11.6 Å². The SMILES string of the molecule is CC(C)(C)O/N=C(\C(=O)O)c1cc2ccccc2s1. The molecule has 5 heteroatoms. The van der Waals surface area contributed by atoms with E-state index in [4.69, 9.17) is 4.84 Å². The molecule has 0 unspecified atom stereocenters. The summed E-state index contributed by atoms with van der Waals surface area (Å²) in [7, 11) is 0. The molecule has 1 aromatic carbocycles. The molecule has 100 valence electrons. The van der Waals surface area contributed by atoms with E-state index in [2.05, 4.69) is 5.16 Å². The zero-order valence-corrected chi connectivity index (χ0v) is 11.8. The minimum absolute atomic E-state index is 0.0591. The van der Waals surface area contributed by atoms with Crippen LogP contribution >= 0.6 is 11.3 Å². The number of hydrogen-bond acceptors (Lipinski definition) is 4. The molecule has 0 spiro atoms. The van der Waals surface area contributed by atoms with Gasteiger partial charge in [-0.1, -0.05) is 23.4 Å². The summed E-state index contributed by atoms with van der Waals surface area (Å²) >= 11 is 1.39. The van der Waals surface area contributed by atoms with Crippen molar-refractivity contribution >= 4 is 33.1 Å². The lowest BCUT2D eigenvalue weighted by molar-refractivity contribution is -0.129. The van der Waals surface area contributed by atoms with Crippen LogP contribution in [0.5, 0.6) is 0 Å². The maximum atomic E-state index is 11.3. The normalized spacial score (nSPS) is 12.7. The van der Waals surface area contributed by atoms with Crippen molar-refractivity contribution in [2.24, 2.45) is 5.16 Å². The van der Waals surface area contributed by atoms with Gasteiger partial charge in [0.15, 0.2) is 0 Å². The molecule has 1 aromatic heterocycles. The van der Waals surface area contributed by atoms with E-state index in [9.17, 15) is 9.90 Å². The number of thiophene rings is 1. The quantitative estimate of drug-likeness (QED) is 0.690. The molecular formula is C14H15NO3S. The van der Waals surface area contributed by atoms with Gasteiger partial charge < -0.3 is 9.94 Å². The second-order valence-corrected chi connectivity index (χ2v) is 6.18. The summed E-state index contributed by atoms with van der Waals surface area (Å²) in [6, 6.07) is 9.56. The van der Waals surface area contributed by atoms with Gasteiger partial charge in [-0.15, -0.1) is 11.3 Å². The van der Waals surface area contributed by atoms with Gasteiger partial charge in [0.2, 0.25) is 5.71 Å². The third-order valence-corrected chi connectivity index (χ3v) is 3.40. The van der Waals surface area contributed by atoms with Gasteiger partial charge in [0.25, 0.3) is 0 Å². The zero-order chi connectivity index (χ0) is 14.0. The largest absolute Gasteiger partial charge is 0.476 e. The van der Waals surface area contributed by atoms with E-state index in [1.54, 1.807) is 0 Å². The standard InChI is InChI=1S/C14H15NO3S/c1-14(2,3)18-15-12(13(16)17)11-8-9-6-4-5-7-10(9)19-11/h4-8H,1-3H3,(H,16,17)/b15-12-. The maximum Gasteiger partial charge on any atom is 0.359 e. The van der Waals surface area contributed by atoms with Gasteiger partial charge >= 0.3 is 5.97 Å². The first kappa shape index (κ1) is 13.5. The lowest BCUT2D eigenvalue weighted by Gasteiger charge is -2.15. The van der Waals surface area contributed by atoms with E-state index in [1.807, 2.05) is 51.1 Å². The molecular weight excluding hydrogens is 262 g/mol. The number of fused-ring (bicyclic) bond motifs is 1. The predicted molar refractivity (Wildman–Crippen MR) is 76.8 cm³/mol. The summed E-state index contributed by atoms with van der Waals surface area (Å²) in [4.78, 5) is 17.1. The molecule has 1 heterocycles. The van der Waals surface area contributed by atoms with Crippen LogP contribution in [0.2, 0.25) is 0 Å². The van der Waals surface area contributed by atoms with Crippen molar-refractivity contribution in [3.63, 3.8) is 0 Å². The number of carboxylic acid groups (broad SMARTS) is 1. The topological polar surface area (TPSA) is 58.9 Å². The van der Waals surface area contributed by atoms with E-state index >= 15 is 0 Å². The highest BCUT2D eigenvalue weighted by Gasteiger charge is 2.19. The van der Waals surface area contributed by atoms with Gasteiger partial charge in [-0.3, -0.25) is 0 Å². The van der Waals surface area contributed by atoms with Crippen molar-refractivity contribution in [1.82, 2.24) is 0 Å². The van der Waals surface area contributed by atoms with Crippen LogP contribution in [0, 0.1) is 0 Å². The van der Waals surface area contributed by atoms with Crippen molar-refractivity contribution in [2.45, 2.75) is 26.4 Å². The third-order valence-electron chi connectivity index (χ3n) is 2.27. The van der Waals surface area contributed by atoms with E-state index in [0.29, 0.717) is 4.88 Å². The fraction of sp³-hybridized carbons (Fsp3) is 0.286. The summed E-state index contributed by atoms with van der Waals surface area (Å²) in [6.07, 6.45) is 0. The second kappa shape index (κ2) is 5.01. The van der Waals surface area contributed by atoms with Crippen LogP contribution in [0.1, 0.15) is 25.6 Å². The Morgan fingerprint density at radius 1 is 1.32 bits per heavy atom. The van der Waals surface area contributed by atoms with Gasteiger partial charge in [0.05, 0.1) is 4.88 Å². The Labute approximate surface area is 115 Å². The summed E-state index contributed by atoms with van der Waals surface area (Å²) in [6.45, 7) is 5.46. The number of hydrogen-bond donors (Lipinski definition) is 1. The predicted octanol–water partition coefficient (Wildman–Crippen LogP) is 3.51. The molecule has 0 fully saturated rings. The number of nitrogens with zero attached hydrogens (tertiary/aromatic N) is 1. The summed E-state index contributed by atoms with van der Waals surface area (Å²) in [5, 5.41) is 14.0. The number of oxime groups is 1. The van der Waals surface area contributed by atoms with Gasteiger partial charge in [-0.05, 0) is 38.3 Å². The Bertz CT molecular complexity index is 604. The first-order valence-electron chi connectivity index (χ1n) is 5.85. The van der Waals surface area contributed by atoms with Crippen LogP contribution in [0.25, 0.3) is 10.1 Å². The third kappa shape index (κ3) is 3.32. The first-order valence-corrected chi connectivity index (χ1v) is 6.67. The number of benzene rings is 1. The van der Waals surface area contributed by atoms with E-state index in [0.717, 1.165) is 10.1 Å². The van der Waals surface area contributed by atoms with Crippen molar-refractivity contribution in [2.75, 3.05) is 0 Å². The molecule has 0 saturated carbocycles. The van der Waals surface area contributed by atoms with Crippen LogP contribution in [0.4, 0.5) is 0 Å². The minimum Gasteiger partial charge on any atom is -0.476 e. The molecule has 1 N–H and O–H groups in total. The number of carboxylic acids is 1. The summed E-state index contributed by atoms with van der Waals surface area (Å²) in [5.74, 6) is -1.09. The average Bonchev–Trinajstić information content (AvgIpc) is 2.70. The molecule has 2 aromatic rings. The van der Waals surface area contributed by atoms with Crippen LogP contribution in [-0.2, 0) is 9.63 Å². The monoisotopic (exact) mass is 277 g/mol. The zero-order valence-electron chi connectivity index (χ0n) is 11.0. The van der Waals surface area contributed by atoms with Crippen molar-refractivity contribution < 1.29 is 14.7 Å². The summed E-state index contributed by atoms with van der Waals surface area (Å²) < 4.78 is 1.03. The minimum atomic E-state index is -1.09. The van der Waals surface area contributed by atoms with Crippen molar-refractivity contribution in [3.05, 3.63) is 35.2 Å². The second-order valence-electron chi connectivity index (χ2n) is 5.10. The number of aliphatic carboxylic acids is 1. The first-order chi connectivity index (χ1) is 8.87. The van der Waals surface area contributed by atoms with E-state index in [1.165, 1.54) is 11.3 Å². The fourth-order valence-corrected chi connectivity index (χ4v) is 2.51. The lowest BCUT2D eigenvalue weighted by atomic mass is 10.2. The molecule has 4 nitrogen and oxygen atoms in total. The Morgan fingerprint density at radius 2 is 2.00 bits per heavy atom. The lowest BCUT2D eigenvalue weighted by Crippen LogP contribution is -2.20. The molecule has 19 heavy (non-hydrogen) atoms. The van der Waals surface area contributed by atoms with E-state index in [-0.39, 0.29) is 5.71 Å². The van der Waals surface area contributed by atoms with Crippen LogP contribution in [-0.4, -0.2) is 22.4 Å². The van der Waals surface area contributed by atoms with Crippen molar-refractivity contribution in [3.8, 4) is 0 Å². The number of rotatable bonds is 3. The van der Waals surface area contributed by atoms with Crippen LogP contribution in [0.15, 0.2) is 35.5 Å². The molecule has 0 aliphatic heterocycles. The van der Waals surface area contributed by atoms with Crippen molar-refractivity contribution in [1.29, 1.82) is 0 Å². The molecule has 0 aliphatic carbocycles. The molecule has 0 saturated heterocycles. The van der Waals surface area contributed by atoms with Crippen LogP contribution < -0.4 is 0 Å². The Balaban J connectivity index is 2.41. The molecule has 0 amide bonds. The highest BCUT2D eigenvalue weighted by molar-refractivity contribution is 7.21. The van der Waals surface area contributed by atoms with Crippen LogP contribution in [0.3, 0.4) is 0 Å². The average molecular weight is 277 g/mol. The smallest absolute Gasteiger partial charge is 0.359 e. The highest BCUT2D eigenvalue weighted by atomic mass is 32.1. The molecule has 0 radical (unpaired) electrons. The van der Waals surface area contributed by atoms with Gasteiger partial charge in [0.1, 0.15) is 5.60 Å². The molecule has 2 rings (SSSR count). The maximum absolute atomic E-state index is 11.3. The molecule has 0 bridgehead atoms.